The number of rotatable bonds is 5. The van der Waals surface area contributed by atoms with Gasteiger partial charge in [-0.3, -0.25) is 9.48 Å². The molecule has 1 N–H and O–H groups in total. The van der Waals surface area contributed by atoms with E-state index in [-0.39, 0.29) is 27.9 Å². The first kappa shape index (κ1) is 15.7. The van der Waals surface area contributed by atoms with Gasteiger partial charge in [0.1, 0.15) is 0 Å². The molecule has 0 saturated heterocycles. The van der Waals surface area contributed by atoms with E-state index in [4.69, 9.17) is 23.2 Å². The van der Waals surface area contributed by atoms with Crippen molar-refractivity contribution in [1.29, 1.82) is 0 Å². The van der Waals surface area contributed by atoms with Gasteiger partial charge >= 0.3 is 0 Å². The molecule has 0 aliphatic rings. The van der Waals surface area contributed by atoms with Gasteiger partial charge in [0.05, 0.1) is 27.7 Å². The van der Waals surface area contributed by atoms with Crippen LogP contribution in [0.2, 0.25) is 10.0 Å². The second kappa shape index (κ2) is 6.42. The summed E-state index contributed by atoms with van der Waals surface area (Å²) in [7, 11) is -3.98. The van der Waals surface area contributed by atoms with Crippen LogP contribution in [-0.4, -0.2) is 29.3 Å². The Morgan fingerprint density at radius 3 is 2.67 bits per heavy atom. The molecule has 10 heteroatoms. The van der Waals surface area contributed by atoms with Crippen LogP contribution in [0, 0.1) is 0 Å². The highest BCUT2D eigenvalue weighted by molar-refractivity contribution is 7.90. The van der Waals surface area contributed by atoms with Gasteiger partial charge in [-0.15, -0.1) is 5.10 Å². The Labute approximate surface area is 130 Å². The molecule has 0 aliphatic heterocycles. The molecular formula is C11H10Cl2N4O3S. The highest BCUT2D eigenvalue weighted by Crippen LogP contribution is 2.24. The van der Waals surface area contributed by atoms with Crippen LogP contribution in [0.1, 0.15) is 6.42 Å². The van der Waals surface area contributed by atoms with Gasteiger partial charge in [-0.1, -0.05) is 28.4 Å². The van der Waals surface area contributed by atoms with Crippen molar-refractivity contribution in [2.24, 2.45) is 0 Å². The average Bonchev–Trinajstić information content (AvgIpc) is 2.92. The fourth-order valence-electron chi connectivity index (χ4n) is 1.47. The minimum Gasteiger partial charge on any atom is -0.274 e. The lowest BCUT2D eigenvalue weighted by Gasteiger charge is -2.07. The molecule has 7 nitrogen and oxygen atoms in total. The van der Waals surface area contributed by atoms with E-state index in [9.17, 15) is 13.2 Å². The van der Waals surface area contributed by atoms with Crippen LogP contribution >= 0.6 is 23.2 Å². The van der Waals surface area contributed by atoms with E-state index in [1.165, 1.54) is 29.1 Å². The summed E-state index contributed by atoms with van der Waals surface area (Å²) in [4.78, 5) is 11.5. The number of hydrogen-bond acceptors (Lipinski definition) is 5. The van der Waals surface area contributed by atoms with Gasteiger partial charge in [-0.2, -0.15) is 0 Å². The van der Waals surface area contributed by atoms with E-state index in [0.717, 1.165) is 0 Å². The molecule has 0 fully saturated rings. The van der Waals surface area contributed by atoms with Gasteiger partial charge in [-0.05, 0) is 18.2 Å². The molecule has 0 aliphatic carbocycles. The van der Waals surface area contributed by atoms with Gasteiger partial charge < -0.3 is 0 Å². The summed E-state index contributed by atoms with van der Waals surface area (Å²) in [5.74, 6) is -0.656. The number of amides is 1. The highest BCUT2D eigenvalue weighted by atomic mass is 35.5. The molecule has 1 heterocycles. The Bertz CT molecular complexity index is 747. The summed E-state index contributed by atoms with van der Waals surface area (Å²) >= 11 is 11.5. The van der Waals surface area contributed by atoms with Crippen molar-refractivity contribution < 1.29 is 13.2 Å². The molecule has 112 valence electrons. The lowest BCUT2D eigenvalue weighted by Crippen LogP contribution is -2.31. The third-order valence-electron chi connectivity index (χ3n) is 2.49. The van der Waals surface area contributed by atoms with Crippen LogP contribution in [0.4, 0.5) is 0 Å². The lowest BCUT2D eigenvalue weighted by molar-refractivity contribution is -0.119. The van der Waals surface area contributed by atoms with Crippen molar-refractivity contribution in [2.75, 3.05) is 0 Å². The van der Waals surface area contributed by atoms with Crippen LogP contribution in [0.5, 0.6) is 0 Å². The number of carbonyl (C=O) groups is 1. The third kappa shape index (κ3) is 4.16. The van der Waals surface area contributed by atoms with Gasteiger partial charge in [-0.25, -0.2) is 13.1 Å². The van der Waals surface area contributed by atoms with E-state index < -0.39 is 15.9 Å². The largest absolute Gasteiger partial charge is 0.274 e. The van der Waals surface area contributed by atoms with E-state index in [0.29, 0.717) is 0 Å². The number of hydrogen-bond donors (Lipinski definition) is 1. The van der Waals surface area contributed by atoms with E-state index in [1.807, 2.05) is 4.72 Å². The first-order valence-corrected chi connectivity index (χ1v) is 7.97. The highest BCUT2D eigenvalue weighted by Gasteiger charge is 2.18. The van der Waals surface area contributed by atoms with E-state index >= 15 is 0 Å². The first-order valence-electron chi connectivity index (χ1n) is 5.73. The third-order valence-corrected chi connectivity index (χ3v) is 4.60. The molecule has 2 rings (SSSR count). The maximum absolute atomic E-state index is 12.0. The van der Waals surface area contributed by atoms with Gasteiger partial charge in [0.15, 0.2) is 0 Å². The van der Waals surface area contributed by atoms with Crippen molar-refractivity contribution in [1.82, 2.24) is 19.7 Å². The van der Waals surface area contributed by atoms with Crippen LogP contribution in [0.15, 0.2) is 35.5 Å². The summed E-state index contributed by atoms with van der Waals surface area (Å²) in [6.07, 6.45) is 2.98. The van der Waals surface area contributed by atoms with Crippen LogP contribution in [0.3, 0.4) is 0 Å². The Morgan fingerprint density at radius 1 is 1.29 bits per heavy atom. The monoisotopic (exact) mass is 348 g/mol. The SMILES string of the molecule is O=C(CCn1ccnn1)NS(=O)(=O)c1ccc(Cl)c(Cl)c1. The summed E-state index contributed by atoms with van der Waals surface area (Å²) < 4.78 is 27.4. The molecule has 0 spiro atoms. The minimum atomic E-state index is -3.98. The van der Waals surface area contributed by atoms with E-state index in [2.05, 4.69) is 10.3 Å². The number of aromatic nitrogens is 3. The maximum Gasteiger partial charge on any atom is 0.264 e. The van der Waals surface area contributed by atoms with Crippen LogP contribution in [0.25, 0.3) is 0 Å². The second-order valence-electron chi connectivity index (χ2n) is 4.02. The van der Waals surface area contributed by atoms with Gasteiger partial charge in [0, 0.05) is 12.6 Å². The summed E-state index contributed by atoms with van der Waals surface area (Å²) in [6, 6.07) is 3.79. The predicted octanol–water partition coefficient (Wildman–Crippen LogP) is 1.48. The molecule has 0 unspecified atom stereocenters. The maximum atomic E-state index is 12.0. The first-order chi connectivity index (χ1) is 9.88. The molecule has 1 aromatic carbocycles. The fourth-order valence-corrected chi connectivity index (χ4v) is 2.87. The van der Waals surface area contributed by atoms with Crippen LogP contribution < -0.4 is 4.72 Å². The molecule has 21 heavy (non-hydrogen) atoms. The lowest BCUT2D eigenvalue weighted by atomic mass is 10.4. The number of nitrogens with zero attached hydrogens (tertiary/aromatic N) is 3. The van der Waals surface area contributed by atoms with E-state index in [1.54, 1.807) is 6.20 Å². The zero-order chi connectivity index (χ0) is 15.5. The molecule has 2 aromatic rings. The predicted molar refractivity (Wildman–Crippen MR) is 76.4 cm³/mol. The number of sulfonamides is 1. The molecule has 1 amide bonds. The Kier molecular flexibility index (Phi) is 4.81. The Morgan fingerprint density at radius 2 is 2.05 bits per heavy atom. The molecular weight excluding hydrogens is 339 g/mol. The summed E-state index contributed by atoms with van der Waals surface area (Å²) in [6.45, 7) is 0.225. The van der Waals surface area contributed by atoms with Crippen molar-refractivity contribution in [3.05, 3.63) is 40.6 Å². The van der Waals surface area contributed by atoms with Gasteiger partial charge in [0.25, 0.3) is 10.0 Å². The quantitative estimate of drug-likeness (QED) is 0.882. The molecule has 1 aromatic heterocycles. The zero-order valence-corrected chi connectivity index (χ0v) is 12.9. The normalized spacial score (nSPS) is 11.3. The molecule has 0 bridgehead atoms. The Hall–Kier alpha value is -1.64. The summed E-state index contributed by atoms with van der Waals surface area (Å²) in [5, 5.41) is 7.57. The van der Waals surface area contributed by atoms with Gasteiger partial charge in [0.2, 0.25) is 5.91 Å². The zero-order valence-electron chi connectivity index (χ0n) is 10.5. The average molecular weight is 349 g/mol. The molecule has 0 atom stereocenters. The topological polar surface area (TPSA) is 93.9 Å². The minimum absolute atomic E-state index is 0.0517. The number of carbonyl (C=O) groups excluding carboxylic acids is 1. The van der Waals surface area contributed by atoms with Crippen molar-refractivity contribution in [2.45, 2.75) is 17.9 Å². The fraction of sp³-hybridized carbons (Fsp3) is 0.182. The molecule has 0 radical (unpaired) electrons. The van der Waals surface area contributed by atoms with Crippen LogP contribution in [-0.2, 0) is 21.4 Å². The smallest absolute Gasteiger partial charge is 0.264 e. The number of benzene rings is 1. The number of halogens is 2. The second-order valence-corrected chi connectivity index (χ2v) is 6.52. The van der Waals surface area contributed by atoms with Crippen molar-refractivity contribution in [3.8, 4) is 0 Å². The number of nitrogens with one attached hydrogen (secondary N) is 1. The molecule has 0 saturated carbocycles. The Balaban J connectivity index is 2.02. The summed E-state index contributed by atoms with van der Waals surface area (Å²) in [5.41, 5.74) is 0. The standard InChI is InChI=1S/C11H10Cl2N4O3S/c12-9-2-1-8(7-10(9)13)21(19,20)15-11(18)3-5-17-6-4-14-16-17/h1-2,4,6-7H,3,5H2,(H,15,18). The van der Waals surface area contributed by atoms with Crippen molar-refractivity contribution in [3.63, 3.8) is 0 Å². The number of aryl methyl sites for hydroxylation is 1. The van der Waals surface area contributed by atoms with Crippen molar-refractivity contribution >= 4 is 39.1 Å².